The molecule has 0 fully saturated rings. The number of nitrogens with zero attached hydrogens (tertiary/aromatic N) is 1. The van der Waals surface area contributed by atoms with E-state index in [0.29, 0.717) is 11.3 Å². The lowest BCUT2D eigenvalue weighted by Crippen LogP contribution is -2.30. The highest BCUT2D eigenvalue weighted by molar-refractivity contribution is 7.91. The molecule has 0 bridgehead atoms. The molecule has 1 heterocycles. The van der Waals surface area contributed by atoms with E-state index in [-0.39, 0.29) is 12.3 Å². The van der Waals surface area contributed by atoms with Crippen LogP contribution in [0, 0.1) is 0 Å². The molecule has 1 aliphatic rings. The molecule has 0 saturated carbocycles. The number of sulfone groups is 1. The van der Waals surface area contributed by atoms with Gasteiger partial charge in [0.15, 0.2) is 9.84 Å². The molecule has 0 spiro atoms. The van der Waals surface area contributed by atoms with Crippen LogP contribution in [0.1, 0.15) is 12.0 Å². The summed E-state index contributed by atoms with van der Waals surface area (Å²) in [7, 11) is -1.36. The lowest BCUT2D eigenvalue weighted by atomic mass is 10.1. The van der Waals surface area contributed by atoms with Crippen molar-refractivity contribution in [3.63, 3.8) is 0 Å². The number of anilines is 1. The van der Waals surface area contributed by atoms with Gasteiger partial charge in [0, 0.05) is 12.7 Å². The zero-order chi connectivity index (χ0) is 13.3. The Balaban J connectivity index is 2.36. The maximum Gasteiger partial charge on any atom is 0.236 e. The highest BCUT2D eigenvalue weighted by atomic mass is 32.2. The molecule has 2 N–H and O–H groups in total. The molecule has 0 aromatic heterocycles. The van der Waals surface area contributed by atoms with Crippen molar-refractivity contribution in [1.29, 1.82) is 0 Å². The second-order valence-corrected chi connectivity index (χ2v) is 6.61. The summed E-state index contributed by atoms with van der Waals surface area (Å²) in [6.45, 7) is 0.117. The largest absolute Gasteiger partial charge is 0.368 e. The smallest absolute Gasteiger partial charge is 0.236 e. The third-order valence-corrected chi connectivity index (χ3v) is 4.97. The first-order valence-corrected chi connectivity index (χ1v) is 7.40. The van der Waals surface area contributed by atoms with Crippen molar-refractivity contribution in [1.82, 2.24) is 0 Å². The van der Waals surface area contributed by atoms with Crippen molar-refractivity contribution in [2.75, 3.05) is 24.2 Å². The van der Waals surface area contributed by atoms with Gasteiger partial charge in [0.2, 0.25) is 5.91 Å². The average Bonchev–Trinajstić information content (AvgIpc) is 2.27. The molecular formula is C12H16N2O3S. The van der Waals surface area contributed by atoms with Crippen LogP contribution in [-0.4, -0.2) is 33.7 Å². The maximum atomic E-state index is 11.8. The van der Waals surface area contributed by atoms with Crippen LogP contribution in [0.4, 0.5) is 5.69 Å². The Labute approximate surface area is 107 Å². The normalized spacial score (nSPS) is 16.9. The van der Waals surface area contributed by atoms with Gasteiger partial charge in [-0.15, -0.1) is 0 Å². The molecule has 98 valence electrons. The number of fused-ring (bicyclic) bond motifs is 1. The number of amides is 1. The molecule has 1 amide bonds. The van der Waals surface area contributed by atoms with Crippen molar-refractivity contribution in [2.45, 2.75) is 17.7 Å². The predicted molar refractivity (Wildman–Crippen MR) is 69.3 cm³/mol. The van der Waals surface area contributed by atoms with Crippen molar-refractivity contribution in [3.05, 3.63) is 23.8 Å². The van der Waals surface area contributed by atoms with E-state index in [4.69, 9.17) is 5.73 Å². The van der Waals surface area contributed by atoms with Gasteiger partial charge in [-0.3, -0.25) is 4.79 Å². The molecule has 5 nitrogen and oxygen atoms in total. The lowest BCUT2D eigenvalue weighted by molar-refractivity contribution is -0.116. The minimum Gasteiger partial charge on any atom is -0.368 e. The first-order chi connectivity index (χ1) is 8.40. The number of rotatable bonds is 3. The summed E-state index contributed by atoms with van der Waals surface area (Å²) in [5.41, 5.74) is 6.77. The van der Waals surface area contributed by atoms with Gasteiger partial charge in [0.1, 0.15) is 0 Å². The third-order valence-electron chi connectivity index (χ3n) is 3.07. The van der Waals surface area contributed by atoms with E-state index in [0.717, 1.165) is 17.7 Å². The van der Waals surface area contributed by atoms with Gasteiger partial charge in [0.05, 0.1) is 17.2 Å². The van der Waals surface area contributed by atoms with E-state index < -0.39 is 15.7 Å². The van der Waals surface area contributed by atoms with E-state index >= 15 is 0 Å². The molecule has 0 aliphatic carbocycles. The van der Waals surface area contributed by atoms with Crippen LogP contribution in [0.5, 0.6) is 0 Å². The monoisotopic (exact) mass is 268 g/mol. The van der Waals surface area contributed by atoms with Gasteiger partial charge >= 0.3 is 0 Å². The zero-order valence-corrected chi connectivity index (χ0v) is 11.0. The minimum atomic E-state index is -3.12. The van der Waals surface area contributed by atoms with Crippen LogP contribution in [0.3, 0.4) is 0 Å². The Hall–Kier alpha value is -1.56. The molecule has 1 aliphatic heterocycles. The zero-order valence-electron chi connectivity index (χ0n) is 10.2. The quantitative estimate of drug-likeness (QED) is 0.856. The van der Waals surface area contributed by atoms with Crippen LogP contribution in [0.2, 0.25) is 0 Å². The van der Waals surface area contributed by atoms with Crippen molar-refractivity contribution < 1.29 is 13.2 Å². The summed E-state index contributed by atoms with van der Waals surface area (Å²) in [4.78, 5) is 13.0. The average molecular weight is 268 g/mol. The van der Waals surface area contributed by atoms with Crippen LogP contribution < -0.4 is 10.6 Å². The fourth-order valence-electron chi connectivity index (χ4n) is 2.19. The maximum absolute atomic E-state index is 11.8. The second kappa shape index (κ2) is 4.61. The highest BCUT2D eigenvalue weighted by Gasteiger charge is 2.23. The molecule has 1 aromatic carbocycles. The Morgan fingerprint density at radius 2 is 2.17 bits per heavy atom. The number of primary amides is 1. The van der Waals surface area contributed by atoms with E-state index in [2.05, 4.69) is 0 Å². The van der Waals surface area contributed by atoms with E-state index in [1.807, 2.05) is 6.07 Å². The molecule has 0 saturated heterocycles. The fourth-order valence-corrected chi connectivity index (χ4v) is 3.77. The first kappa shape index (κ1) is 12.9. The molecule has 0 atom stereocenters. The van der Waals surface area contributed by atoms with E-state index in [9.17, 15) is 13.2 Å². The lowest BCUT2D eigenvalue weighted by Gasteiger charge is -2.21. The SMILES string of the molecule is CN(CC(N)=O)c1ccc2c(c1)CCCS2(=O)=O. The summed E-state index contributed by atoms with van der Waals surface area (Å²) in [5, 5.41) is 0. The third kappa shape index (κ3) is 2.48. The van der Waals surface area contributed by atoms with E-state index in [1.165, 1.54) is 0 Å². The van der Waals surface area contributed by atoms with Crippen LogP contribution >= 0.6 is 0 Å². The summed E-state index contributed by atoms with van der Waals surface area (Å²) < 4.78 is 23.7. The number of likely N-dealkylation sites (N-methyl/N-ethyl adjacent to an activating group) is 1. The standard InChI is InChI=1S/C12H16N2O3S/c1-14(8-12(13)15)10-4-5-11-9(7-10)3-2-6-18(11,16)17/h4-5,7H,2-3,6,8H2,1H3,(H2,13,15). The summed E-state index contributed by atoms with van der Waals surface area (Å²) in [6.07, 6.45) is 1.41. The van der Waals surface area contributed by atoms with Crippen molar-refractivity contribution in [3.8, 4) is 0 Å². The van der Waals surface area contributed by atoms with Crippen LogP contribution in [0.15, 0.2) is 23.1 Å². The fraction of sp³-hybridized carbons (Fsp3) is 0.417. The van der Waals surface area contributed by atoms with Gasteiger partial charge in [-0.05, 0) is 36.6 Å². The predicted octanol–water partition coefficient (Wildman–Crippen LogP) is 0.328. The molecular weight excluding hydrogens is 252 g/mol. The Morgan fingerprint density at radius 1 is 1.44 bits per heavy atom. The number of hydrogen-bond donors (Lipinski definition) is 1. The first-order valence-electron chi connectivity index (χ1n) is 5.75. The van der Waals surface area contributed by atoms with Gasteiger partial charge in [-0.2, -0.15) is 0 Å². The number of aryl methyl sites for hydroxylation is 1. The number of benzene rings is 1. The minimum absolute atomic E-state index is 0.117. The Morgan fingerprint density at radius 3 is 2.83 bits per heavy atom. The Kier molecular flexibility index (Phi) is 3.30. The topological polar surface area (TPSA) is 80.5 Å². The summed E-state index contributed by atoms with van der Waals surface area (Å²) in [5.74, 6) is -0.195. The molecule has 0 radical (unpaired) electrons. The molecule has 18 heavy (non-hydrogen) atoms. The molecule has 0 unspecified atom stereocenters. The highest BCUT2D eigenvalue weighted by Crippen LogP contribution is 2.28. The summed E-state index contributed by atoms with van der Waals surface area (Å²) >= 11 is 0. The molecule has 2 rings (SSSR count). The van der Waals surface area contributed by atoms with Gasteiger partial charge in [-0.1, -0.05) is 0 Å². The van der Waals surface area contributed by atoms with Gasteiger partial charge in [-0.25, -0.2) is 8.42 Å². The number of carbonyl (C=O) groups is 1. The molecule has 1 aromatic rings. The summed E-state index contributed by atoms with van der Waals surface area (Å²) in [6, 6.07) is 5.16. The van der Waals surface area contributed by atoms with Crippen molar-refractivity contribution in [2.24, 2.45) is 5.73 Å². The number of hydrogen-bond acceptors (Lipinski definition) is 4. The van der Waals surface area contributed by atoms with Gasteiger partial charge in [0.25, 0.3) is 0 Å². The number of nitrogens with two attached hydrogens (primary N) is 1. The van der Waals surface area contributed by atoms with E-state index in [1.54, 1.807) is 24.1 Å². The van der Waals surface area contributed by atoms with Crippen LogP contribution in [0.25, 0.3) is 0 Å². The Bertz CT molecular complexity index is 581. The number of carbonyl (C=O) groups excluding carboxylic acids is 1. The van der Waals surface area contributed by atoms with Crippen molar-refractivity contribution >= 4 is 21.4 Å². The molecule has 6 heteroatoms. The van der Waals surface area contributed by atoms with Crippen LogP contribution in [-0.2, 0) is 21.1 Å². The van der Waals surface area contributed by atoms with Gasteiger partial charge < -0.3 is 10.6 Å². The second-order valence-electron chi connectivity index (χ2n) is 4.54.